The molecule has 2 N–H and O–H groups in total. The van der Waals surface area contributed by atoms with E-state index in [0.29, 0.717) is 17.7 Å². The Balaban J connectivity index is 2.47. The first-order valence-corrected chi connectivity index (χ1v) is 7.25. The summed E-state index contributed by atoms with van der Waals surface area (Å²) < 4.78 is 27.8. The number of aromatic nitrogens is 4. The zero-order valence-electron chi connectivity index (χ0n) is 10.1. The lowest BCUT2D eigenvalue weighted by molar-refractivity contribution is 0.487. The molecule has 0 saturated heterocycles. The van der Waals surface area contributed by atoms with Gasteiger partial charge in [-0.1, -0.05) is 10.3 Å². The van der Waals surface area contributed by atoms with E-state index in [9.17, 15) is 8.42 Å². The fourth-order valence-electron chi connectivity index (χ4n) is 1.29. The summed E-state index contributed by atoms with van der Waals surface area (Å²) in [5.41, 5.74) is -0.454. The van der Waals surface area contributed by atoms with Crippen molar-refractivity contribution < 1.29 is 8.42 Å². The largest absolute Gasteiger partial charge is 0.242 e. The SMILES string of the molecule is CC(C)(C)NS(=O)(=O)CCCn1[nH]nnc1=S. The lowest BCUT2D eigenvalue weighted by atomic mass is 10.1. The molecule has 0 amide bonds. The van der Waals surface area contributed by atoms with Crippen LogP contribution in [0.4, 0.5) is 0 Å². The number of tetrazole rings is 1. The summed E-state index contributed by atoms with van der Waals surface area (Å²) in [5.74, 6) is 0.0467. The standard InChI is InChI=1S/C8H17N5O2S2/c1-8(2,3)10-17(14,15)6-4-5-13-7(16)9-11-12-13/h10H,4-6H2,1-3H3,(H,9,12,16). The first-order valence-electron chi connectivity index (χ1n) is 5.19. The molecule has 0 unspecified atom stereocenters. The van der Waals surface area contributed by atoms with Gasteiger partial charge in [-0.25, -0.2) is 17.8 Å². The average molecular weight is 279 g/mol. The Morgan fingerprint density at radius 3 is 2.59 bits per heavy atom. The van der Waals surface area contributed by atoms with E-state index in [1.165, 1.54) is 4.68 Å². The molecule has 0 saturated carbocycles. The van der Waals surface area contributed by atoms with Crippen LogP contribution in [0.1, 0.15) is 27.2 Å². The van der Waals surface area contributed by atoms with Gasteiger partial charge in [-0.15, -0.1) is 0 Å². The number of nitrogens with one attached hydrogen (secondary N) is 2. The Morgan fingerprint density at radius 1 is 1.47 bits per heavy atom. The van der Waals surface area contributed by atoms with E-state index in [2.05, 4.69) is 20.2 Å². The Morgan fingerprint density at radius 2 is 2.12 bits per heavy atom. The van der Waals surface area contributed by atoms with Crippen LogP contribution in [0, 0.1) is 4.77 Å². The minimum absolute atomic E-state index is 0.0467. The number of nitrogens with zero attached hydrogens (tertiary/aromatic N) is 3. The second-order valence-electron chi connectivity index (χ2n) is 4.76. The first-order chi connectivity index (χ1) is 7.70. The Kier molecular flexibility index (Phi) is 4.39. The van der Waals surface area contributed by atoms with Gasteiger partial charge in [-0.2, -0.15) is 5.21 Å². The highest BCUT2D eigenvalue weighted by molar-refractivity contribution is 7.89. The van der Waals surface area contributed by atoms with Gasteiger partial charge in [0.15, 0.2) is 0 Å². The van der Waals surface area contributed by atoms with Crippen LogP contribution in [-0.2, 0) is 16.6 Å². The third kappa shape index (κ3) is 5.37. The van der Waals surface area contributed by atoms with Crippen molar-refractivity contribution in [1.29, 1.82) is 0 Å². The predicted molar refractivity (Wildman–Crippen MR) is 66.5 cm³/mol. The monoisotopic (exact) mass is 279 g/mol. The highest BCUT2D eigenvalue weighted by Gasteiger charge is 2.19. The van der Waals surface area contributed by atoms with Crippen molar-refractivity contribution in [3.63, 3.8) is 0 Å². The van der Waals surface area contributed by atoms with Crippen molar-refractivity contribution in [2.45, 2.75) is 39.3 Å². The molecule has 0 aromatic carbocycles. The molecule has 0 bridgehead atoms. The Bertz CT molecular complexity index is 511. The third-order valence-electron chi connectivity index (χ3n) is 1.79. The number of sulfonamides is 1. The van der Waals surface area contributed by atoms with Gasteiger partial charge >= 0.3 is 0 Å². The van der Waals surface area contributed by atoms with E-state index in [1.54, 1.807) is 20.8 Å². The topological polar surface area (TPSA) is 92.7 Å². The molecule has 1 heterocycles. The molecular formula is C8H17N5O2S2. The quantitative estimate of drug-likeness (QED) is 0.763. The van der Waals surface area contributed by atoms with E-state index in [0.717, 1.165) is 0 Å². The Labute approximate surface area is 106 Å². The van der Waals surface area contributed by atoms with Gasteiger partial charge in [0.25, 0.3) is 0 Å². The molecule has 9 heteroatoms. The lowest BCUT2D eigenvalue weighted by Crippen LogP contribution is -2.41. The third-order valence-corrected chi connectivity index (χ3v) is 3.84. The first kappa shape index (κ1) is 14.3. The van der Waals surface area contributed by atoms with Crippen LogP contribution in [0.5, 0.6) is 0 Å². The summed E-state index contributed by atoms with van der Waals surface area (Å²) in [6.07, 6.45) is 0.448. The van der Waals surface area contributed by atoms with E-state index in [1.807, 2.05) is 0 Å². The van der Waals surface area contributed by atoms with Gasteiger partial charge < -0.3 is 0 Å². The maximum absolute atomic E-state index is 11.7. The van der Waals surface area contributed by atoms with E-state index in [4.69, 9.17) is 12.2 Å². The second-order valence-corrected chi connectivity index (χ2v) is 6.97. The van der Waals surface area contributed by atoms with Crippen molar-refractivity contribution in [2.75, 3.05) is 5.75 Å². The number of aryl methyl sites for hydroxylation is 1. The van der Waals surface area contributed by atoms with Crippen LogP contribution in [-0.4, -0.2) is 39.9 Å². The molecule has 1 aromatic rings. The number of H-pyrrole nitrogens is 1. The summed E-state index contributed by atoms with van der Waals surface area (Å²) in [5, 5.41) is 9.69. The molecule has 0 aliphatic heterocycles. The van der Waals surface area contributed by atoms with Crippen LogP contribution in [0.15, 0.2) is 0 Å². The molecule has 0 aliphatic carbocycles. The summed E-state index contributed by atoms with van der Waals surface area (Å²) in [6, 6.07) is 0. The molecule has 0 aliphatic rings. The van der Waals surface area contributed by atoms with Crippen LogP contribution in [0.3, 0.4) is 0 Å². The highest BCUT2D eigenvalue weighted by Crippen LogP contribution is 2.03. The lowest BCUT2D eigenvalue weighted by Gasteiger charge is -2.20. The zero-order chi connectivity index (χ0) is 13.1. The molecule has 1 aromatic heterocycles. The molecular weight excluding hydrogens is 262 g/mol. The van der Waals surface area contributed by atoms with E-state index in [-0.39, 0.29) is 5.75 Å². The normalized spacial score (nSPS) is 12.9. The minimum Gasteiger partial charge on any atom is -0.242 e. The fraction of sp³-hybridized carbons (Fsp3) is 0.875. The van der Waals surface area contributed by atoms with Gasteiger partial charge in [0.05, 0.1) is 5.75 Å². The van der Waals surface area contributed by atoms with Crippen LogP contribution >= 0.6 is 12.2 Å². The average Bonchev–Trinajstić information content (AvgIpc) is 2.47. The molecule has 1 rings (SSSR count). The molecule has 0 radical (unpaired) electrons. The smallest absolute Gasteiger partial charge is 0.238 e. The number of hydrogen-bond donors (Lipinski definition) is 2. The fourth-order valence-corrected chi connectivity index (χ4v) is 3.01. The summed E-state index contributed by atoms with van der Waals surface area (Å²) in [6.45, 7) is 5.87. The zero-order valence-corrected chi connectivity index (χ0v) is 11.7. The predicted octanol–water partition coefficient (Wildman–Crippen LogP) is 0.444. The number of rotatable bonds is 5. The maximum Gasteiger partial charge on any atom is 0.238 e. The van der Waals surface area contributed by atoms with Crippen LogP contribution in [0.2, 0.25) is 0 Å². The van der Waals surface area contributed by atoms with E-state index < -0.39 is 15.6 Å². The van der Waals surface area contributed by atoms with Crippen LogP contribution in [0.25, 0.3) is 0 Å². The van der Waals surface area contributed by atoms with Gasteiger partial charge in [0, 0.05) is 12.1 Å². The van der Waals surface area contributed by atoms with Crippen LogP contribution < -0.4 is 4.72 Å². The van der Waals surface area contributed by atoms with Crippen molar-refractivity contribution in [3.05, 3.63) is 4.77 Å². The minimum atomic E-state index is -3.26. The molecule has 98 valence electrons. The molecule has 0 fully saturated rings. The van der Waals surface area contributed by atoms with Gasteiger partial charge in [0.1, 0.15) is 0 Å². The van der Waals surface area contributed by atoms with Crippen molar-refractivity contribution in [2.24, 2.45) is 0 Å². The second kappa shape index (κ2) is 5.23. The van der Waals surface area contributed by atoms with Gasteiger partial charge in [-0.3, -0.25) is 0 Å². The molecule has 7 nitrogen and oxygen atoms in total. The van der Waals surface area contributed by atoms with Gasteiger partial charge in [-0.05, 0) is 39.4 Å². The molecule has 0 spiro atoms. The van der Waals surface area contributed by atoms with Crippen molar-refractivity contribution in [1.82, 2.24) is 24.9 Å². The summed E-state index contributed by atoms with van der Waals surface area (Å²) in [4.78, 5) is 0. The summed E-state index contributed by atoms with van der Waals surface area (Å²) >= 11 is 4.87. The van der Waals surface area contributed by atoms with Crippen molar-refractivity contribution in [3.8, 4) is 0 Å². The van der Waals surface area contributed by atoms with E-state index >= 15 is 0 Å². The number of aromatic amines is 1. The maximum atomic E-state index is 11.7. The molecule has 0 atom stereocenters. The van der Waals surface area contributed by atoms with Gasteiger partial charge in [0.2, 0.25) is 14.8 Å². The summed E-state index contributed by atoms with van der Waals surface area (Å²) in [7, 11) is -3.26. The number of hydrogen-bond acceptors (Lipinski definition) is 5. The van der Waals surface area contributed by atoms with Crippen molar-refractivity contribution >= 4 is 22.2 Å². The highest BCUT2D eigenvalue weighted by atomic mass is 32.2. The molecule has 17 heavy (non-hydrogen) atoms. The Hall–Kier alpha value is -0.800.